The van der Waals surface area contributed by atoms with E-state index >= 15 is 0 Å². The Morgan fingerprint density at radius 3 is 2.59 bits per heavy atom. The van der Waals surface area contributed by atoms with E-state index in [2.05, 4.69) is 10.4 Å². The number of nitrogens with zero attached hydrogens (tertiary/aromatic N) is 2. The molecule has 0 fully saturated rings. The molecule has 152 valence electrons. The van der Waals surface area contributed by atoms with Crippen LogP contribution in [-0.4, -0.2) is 40.6 Å². The normalized spacial score (nSPS) is 10.9. The quantitative estimate of drug-likeness (QED) is 0.348. The van der Waals surface area contributed by atoms with E-state index in [4.69, 9.17) is 4.74 Å². The SMILES string of the molecule is CC(=O)NCCCc1ccc(C(=O)COC(=O)c2cc3c(C)nn(C)c3s2)cc1. The molecule has 2 heterocycles. The maximum atomic E-state index is 12.3. The Bertz CT molecular complexity index is 1020. The van der Waals surface area contributed by atoms with Crippen LogP contribution < -0.4 is 5.32 Å². The van der Waals surface area contributed by atoms with Gasteiger partial charge in [0.05, 0.1) is 5.69 Å². The molecule has 0 atom stereocenters. The predicted octanol–water partition coefficient (Wildman–Crippen LogP) is 3.05. The molecule has 0 aliphatic rings. The molecule has 1 amide bonds. The molecule has 1 aromatic carbocycles. The van der Waals surface area contributed by atoms with Crippen LogP contribution in [0.2, 0.25) is 0 Å². The van der Waals surface area contributed by atoms with Crippen molar-refractivity contribution in [2.24, 2.45) is 7.05 Å². The summed E-state index contributed by atoms with van der Waals surface area (Å²) >= 11 is 1.30. The van der Waals surface area contributed by atoms with Gasteiger partial charge in [-0.1, -0.05) is 24.3 Å². The number of ether oxygens (including phenoxy) is 1. The maximum Gasteiger partial charge on any atom is 0.348 e. The highest BCUT2D eigenvalue weighted by atomic mass is 32.1. The standard InChI is InChI=1S/C21H23N3O4S/c1-13-17-11-19(29-20(17)24(3)23-13)21(27)28-12-18(26)16-8-6-15(7-9-16)5-4-10-22-14(2)25/h6-9,11H,4-5,10,12H2,1-3H3,(H,22,25). The Balaban J connectivity index is 1.52. The van der Waals surface area contributed by atoms with Crippen LogP contribution in [0.3, 0.4) is 0 Å². The zero-order chi connectivity index (χ0) is 21.0. The van der Waals surface area contributed by atoms with Gasteiger partial charge < -0.3 is 10.1 Å². The molecule has 0 spiro atoms. The van der Waals surface area contributed by atoms with Gasteiger partial charge in [-0.15, -0.1) is 11.3 Å². The first-order valence-corrected chi connectivity index (χ1v) is 10.1. The minimum absolute atomic E-state index is 0.0389. The highest BCUT2D eigenvalue weighted by molar-refractivity contribution is 7.20. The number of rotatable bonds is 8. The number of carbonyl (C=O) groups excluding carboxylic acids is 3. The van der Waals surface area contributed by atoms with Crippen molar-refractivity contribution in [3.05, 3.63) is 52.0 Å². The lowest BCUT2D eigenvalue weighted by Gasteiger charge is -2.05. The molecule has 0 bridgehead atoms. The number of aromatic nitrogens is 2. The lowest BCUT2D eigenvalue weighted by molar-refractivity contribution is -0.118. The molecule has 0 aliphatic carbocycles. The van der Waals surface area contributed by atoms with E-state index in [0.29, 0.717) is 17.0 Å². The van der Waals surface area contributed by atoms with Crippen LogP contribution in [0.15, 0.2) is 30.3 Å². The molecular weight excluding hydrogens is 390 g/mol. The van der Waals surface area contributed by atoms with Crippen LogP contribution in [0.1, 0.15) is 44.6 Å². The van der Waals surface area contributed by atoms with Crippen molar-refractivity contribution in [1.82, 2.24) is 15.1 Å². The number of esters is 1. The largest absolute Gasteiger partial charge is 0.453 e. The van der Waals surface area contributed by atoms with Crippen molar-refractivity contribution in [3.63, 3.8) is 0 Å². The highest BCUT2D eigenvalue weighted by Crippen LogP contribution is 2.28. The number of carbonyl (C=O) groups is 3. The van der Waals surface area contributed by atoms with Crippen LogP contribution in [0.5, 0.6) is 0 Å². The number of aryl methyl sites for hydroxylation is 3. The number of thiophene rings is 1. The van der Waals surface area contributed by atoms with Gasteiger partial charge in [-0.2, -0.15) is 5.10 Å². The first-order valence-electron chi connectivity index (χ1n) is 9.32. The van der Waals surface area contributed by atoms with E-state index in [0.717, 1.165) is 34.3 Å². The van der Waals surface area contributed by atoms with Crippen molar-refractivity contribution < 1.29 is 19.1 Å². The number of benzene rings is 1. The minimum Gasteiger partial charge on any atom is -0.453 e. The van der Waals surface area contributed by atoms with Crippen molar-refractivity contribution in [3.8, 4) is 0 Å². The summed E-state index contributed by atoms with van der Waals surface area (Å²) in [5, 5.41) is 7.98. The molecule has 2 aromatic heterocycles. The van der Waals surface area contributed by atoms with E-state index in [9.17, 15) is 14.4 Å². The summed E-state index contributed by atoms with van der Waals surface area (Å²) in [6.45, 7) is 3.70. The monoisotopic (exact) mass is 413 g/mol. The fourth-order valence-electron chi connectivity index (χ4n) is 3.01. The van der Waals surface area contributed by atoms with Gasteiger partial charge in [0.25, 0.3) is 0 Å². The van der Waals surface area contributed by atoms with E-state index in [1.54, 1.807) is 22.9 Å². The number of ketones is 1. The molecule has 29 heavy (non-hydrogen) atoms. The van der Waals surface area contributed by atoms with Gasteiger partial charge in [0.15, 0.2) is 12.4 Å². The molecule has 0 aliphatic heterocycles. The smallest absolute Gasteiger partial charge is 0.348 e. The maximum absolute atomic E-state index is 12.3. The Labute approximate surface area is 172 Å². The van der Waals surface area contributed by atoms with Crippen LogP contribution in [0.25, 0.3) is 10.2 Å². The summed E-state index contributed by atoms with van der Waals surface area (Å²) in [6, 6.07) is 8.98. The fraction of sp³-hybridized carbons (Fsp3) is 0.333. The van der Waals surface area contributed by atoms with E-state index in [1.165, 1.54) is 18.3 Å². The average Bonchev–Trinajstić information content (AvgIpc) is 3.25. The highest BCUT2D eigenvalue weighted by Gasteiger charge is 2.17. The van der Waals surface area contributed by atoms with Crippen LogP contribution >= 0.6 is 11.3 Å². The first-order chi connectivity index (χ1) is 13.8. The van der Waals surface area contributed by atoms with Gasteiger partial charge in [-0.05, 0) is 31.4 Å². The summed E-state index contributed by atoms with van der Waals surface area (Å²) in [7, 11) is 1.83. The third-order valence-electron chi connectivity index (χ3n) is 4.52. The Morgan fingerprint density at radius 1 is 1.21 bits per heavy atom. The second kappa shape index (κ2) is 9.00. The van der Waals surface area contributed by atoms with Crippen molar-refractivity contribution in [2.75, 3.05) is 13.2 Å². The Morgan fingerprint density at radius 2 is 1.93 bits per heavy atom. The van der Waals surface area contributed by atoms with E-state index in [-0.39, 0.29) is 18.3 Å². The van der Waals surface area contributed by atoms with Crippen molar-refractivity contribution in [2.45, 2.75) is 26.7 Å². The summed E-state index contributed by atoms with van der Waals surface area (Å²) in [6.07, 6.45) is 1.64. The molecule has 8 heteroatoms. The Hall–Kier alpha value is -3.00. The number of Topliss-reactive ketones (excluding diaryl/α,β-unsaturated/α-hetero) is 1. The molecule has 0 radical (unpaired) electrons. The third-order valence-corrected chi connectivity index (χ3v) is 5.71. The van der Waals surface area contributed by atoms with Crippen LogP contribution in [-0.2, 0) is 23.0 Å². The van der Waals surface area contributed by atoms with Crippen LogP contribution in [0, 0.1) is 6.92 Å². The number of nitrogens with one attached hydrogen (secondary N) is 1. The zero-order valence-electron chi connectivity index (χ0n) is 16.7. The first kappa shape index (κ1) is 20.7. The van der Waals surface area contributed by atoms with Gasteiger partial charge in [-0.25, -0.2) is 4.79 Å². The zero-order valence-corrected chi connectivity index (χ0v) is 17.5. The molecule has 0 saturated carbocycles. The minimum atomic E-state index is -0.506. The Kier molecular flexibility index (Phi) is 6.43. The molecule has 7 nitrogen and oxygen atoms in total. The topological polar surface area (TPSA) is 90.3 Å². The second-order valence-electron chi connectivity index (χ2n) is 6.82. The molecule has 3 aromatic rings. The summed E-state index contributed by atoms with van der Waals surface area (Å²) in [4.78, 5) is 36.8. The predicted molar refractivity (Wildman–Crippen MR) is 111 cm³/mol. The van der Waals surface area contributed by atoms with Gasteiger partial charge in [0, 0.05) is 31.5 Å². The van der Waals surface area contributed by atoms with Gasteiger partial charge in [0.2, 0.25) is 5.91 Å². The van der Waals surface area contributed by atoms with Gasteiger partial charge in [-0.3, -0.25) is 14.3 Å². The molecule has 1 N–H and O–H groups in total. The number of amides is 1. The molecule has 0 unspecified atom stereocenters. The van der Waals surface area contributed by atoms with Gasteiger partial charge >= 0.3 is 5.97 Å². The lowest BCUT2D eigenvalue weighted by atomic mass is 10.1. The summed E-state index contributed by atoms with van der Waals surface area (Å²) in [5.41, 5.74) is 2.43. The summed E-state index contributed by atoms with van der Waals surface area (Å²) in [5.74, 6) is -0.793. The number of hydrogen-bond acceptors (Lipinski definition) is 6. The summed E-state index contributed by atoms with van der Waals surface area (Å²) < 4.78 is 6.94. The second-order valence-corrected chi connectivity index (χ2v) is 7.85. The fourth-order valence-corrected chi connectivity index (χ4v) is 4.02. The molecular formula is C21H23N3O4S. The molecule has 0 saturated heterocycles. The van der Waals surface area contributed by atoms with Crippen molar-refractivity contribution >= 4 is 39.2 Å². The lowest BCUT2D eigenvalue weighted by Crippen LogP contribution is -2.21. The number of fused-ring (bicyclic) bond motifs is 1. The molecule has 3 rings (SSSR count). The van der Waals surface area contributed by atoms with Crippen LogP contribution in [0.4, 0.5) is 0 Å². The van der Waals surface area contributed by atoms with E-state index in [1.807, 2.05) is 26.1 Å². The van der Waals surface area contributed by atoms with Gasteiger partial charge in [0.1, 0.15) is 9.71 Å². The average molecular weight is 413 g/mol. The van der Waals surface area contributed by atoms with Crippen molar-refractivity contribution in [1.29, 1.82) is 0 Å². The third kappa shape index (κ3) is 5.08. The number of hydrogen-bond donors (Lipinski definition) is 1. The van der Waals surface area contributed by atoms with E-state index < -0.39 is 5.97 Å².